The van der Waals surface area contributed by atoms with Crippen molar-refractivity contribution in [3.63, 3.8) is 0 Å². The lowest BCUT2D eigenvalue weighted by Crippen LogP contribution is -2.02. The van der Waals surface area contributed by atoms with Crippen LogP contribution in [-0.4, -0.2) is 15.1 Å². The van der Waals surface area contributed by atoms with E-state index in [9.17, 15) is 5.11 Å². The smallest absolute Gasteiger partial charge is 0.123 e. The lowest BCUT2D eigenvalue weighted by molar-refractivity contribution is 0.481. The Balaban J connectivity index is 1.91. The number of phenols is 1. The number of nitrogens with one attached hydrogen (secondary N) is 1. The molecule has 2 N–H and O–H groups in total. The fraction of sp³-hybridized carbons (Fsp3) is 0.0667. The Morgan fingerprint density at radius 2 is 1.84 bits per heavy atom. The molecule has 0 aliphatic carbocycles. The zero-order chi connectivity index (χ0) is 13.1. The second kappa shape index (κ2) is 4.94. The van der Waals surface area contributed by atoms with Crippen LogP contribution in [0.25, 0.3) is 10.8 Å². The number of aromatic nitrogens is 2. The van der Waals surface area contributed by atoms with Gasteiger partial charge in [0.25, 0.3) is 0 Å². The summed E-state index contributed by atoms with van der Waals surface area (Å²) in [4.78, 5) is 8.25. The Kier molecular flexibility index (Phi) is 2.98. The van der Waals surface area contributed by atoms with Crippen LogP contribution in [0.15, 0.2) is 55.0 Å². The van der Waals surface area contributed by atoms with Crippen LogP contribution in [-0.2, 0) is 6.54 Å². The zero-order valence-corrected chi connectivity index (χ0v) is 10.2. The fourth-order valence-corrected chi connectivity index (χ4v) is 2.05. The Labute approximate surface area is 110 Å². The van der Waals surface area contributed by atoms with E-state index in [1.165, 1.54) is 0 Å². The second-order valence-corrected chi connectivity index (χ2v) is 4.23. The molecule has 0 spiro atoms. The number of hydrogen-bond acceptors (Lipinski definition) is 4. The maximum atomic E-state index is 9.83. The molecule has 0 aliphatic rings. The van der Waals surface area contributed by atoms with Gasteiger partial charge in [-0.05, 0) is 12.1 Å². The minimum Gasteiger partial charge on any atom is -0.507 e. The van der Waals surface area contributed by atoms with Crippen LogP contribution < -0.4 is 5.32 Å². The molecule has 94 valence electrons. The summed E-state index contributed by atoms with van der Waals surface area (Å²) in [7, 11) is 0. The summed E-state index contributed by atoms with van der Waals surface area (Å²) < 4.78 is 0. The molecular formula is C15H13N3O. The van der Waals surface area contributed by atoms with Crippen LogP contribution in [0.4, 0.5) is 5.69 Å². The maximum Gasteiger partial charge on any atom is 0.123 e. The average Bonchev–Trinajstić information content (AvgIpc) is 2.47. The van der Waals surface area contributed by atoms with E-state index in [1.54, 1.807) is 24.7 Å². The van der Waals surface area contributed by atoms with Crippen LogP contribution in [0.1, 0.15) is 5.69 Å². The standard InChI is InChI=1S/C15H13N3O/c19-15-6-2-3-12-13(15)4-1-5-14(12)18-10-11-9-16-7-8-17-11/h1-9,18-19H,10H2. The number of rotatable bonds is 3. The summed E-state index contributed by atoms with van der Waals surface area (Å²) >= 11 is 0. The molecular weight excluding hydrogens is 238 g/mol. The normalized spacial score (nSPS) is 10.5. The molecule has 0 fully saturated rings. The first kappa shape index (κ1) is 11.5. The van der Waals surface area contributed by atoms with E-state index in [2.05, 4.69) is 15.3 Å². The fourth-order valence-electron chi connectivity index (χ4n) is 2.05. The molecule has 1 heterocycles. The first-order valence-corrected chi connectivity index (χ1v) is 6.04. The highest BCUT2D eigenvalue weighted by Gasteiger charge is 2.03. The van der Waals surface area contributed by atoms with E-state index >= 15 is 0 Å². The highest BCUT2D eigenvalue weighted by Crippen LogP contribution is 2.29. The van der Waals surface area contributed by atoms with Crippen LogP contribution in [0.3, 0.4) is 0 Å². The molecule has 4 nitrogen and oxygen atoms in total. The van der Waals surface area contributed by atoms with Crippen molar-refractivity contribution in [2.75, 3.05) is 5.32 Å². The summed E-state index contributed by atoms with van der Waals surface area (Å²) in [6.45, 7) is 0.600. The Hall–Kier alpha value is -2.62. The third-order valence-electron chi connectivity index (χ3n) is 2.98. The molecule has 0 saturated heterocycles. The third kappa shape index (κ3) is 2.33. The summed E-state index contributed by atoms with van der Waals surface area (Å²) in [6.07, 6.45) is 5.06. The summed E-state index contributed by atoms with van der Waals surface area (Å²) in [5.74, 6) is 0.292. The number of nitrogens with zero attached hydrogens (tertiary/aromatic N) is 2. The number of aromatic hydroxyl groups is 1. The molecule has 0 amide bonds. The zero-order valence-electron chi connectivity index (χ0n) is 10.2. The van der Waals surface area contributed by atoms with E-state index in [4.69, 9.17) is 0 Å². The highest BCUT2D eigenvalue weighted by atomic mass is 16.3. The number of phenolic OH excluding ortho intramolecular Hbond substituents is 1. The van der Waals surface area contributed by atoms with Crippen molar-refractivity contribution >= 4 is 16.5 Å². The molecule has 0 saturated carbocycles. The highest BCUT2D eigenvalue weighted by molar-refractivity contribution is 5.97. The minimum absolute atomic E-state index is 0.292. The molecule has 1 aromatic heterocycles. The van der Waals surface area contributed by atoms with Gasteiger partial charge in [-0.15, -0.1) is 0 Å². The molecule has 19 heavy (non-hydrogen) atoms. The van der Waals surface area contributed by atoms with Crippen molar-refractivity contribution in [3.8, 4) is 5.75 Å². The van der Waals surface area contributed by atoms with Crippen LogP contribution in [0.5, 0.6) is 5.75 Å². The molecule has 0 bridgehead atoms. The van der Waals surface area contributed by atoms with E-state index < -0.39 is 0 Å². The van der Waals surface area contributed by atoms with E-state index in [-0.39, 0.29) is 0 Å². The first-order chi connectivity index (χ1) is 9.34. The largest absolute Gasteiger partial charge is 0.507 e. The number of hydrogen-bond donors (Lipinski definition) is 2. The summed E-state index contributed by atoms with van der Waals surface area (Å²) in [6, 6.07) is 11.3. The maximum absolute atomic E-state index is 9.83. The van der Waals surface area contributed by atoms with Gasteiger partial charge < -0.3 is 10.4 Å². The Bertz CT molecular complexity index is 698. The first-order valence-electron chi connectivity index (χ1n) is 6.04. The van der Waals surface area contributed by atoms with Gasteiger partial charge in [0.05, 0.1) is 18.4 Å². The van der Waals surface area contributed by atoms with Gasteiger partial charge in [0.15, 0.2) is 0 Å². The van der Waals surface area contributed by atoms with Crippen LogP contribution in [0, 0.1) is 0 Å². The van der Waals surface area contributed by atoms with Crippen molar-refractivity contribution < 1.29 is 5.11 Å². The number of benzene rings is 2. The quantitative estimate of drug-likeness (QED) is 0.751. The van der Waals surface area contributed by atoms with Gasteiger partial charge in [0.2, 0.25) is 0 Å². The van der Waals surface area contributed by atoms with Crippen molar-refractivity contribution in [2.45, 2.75) is 6.54 Å². The topological polar surface area (TPSA) is 58.0 Å². The molecule has 4 heteroatoms. The van der Waals surface area contributed by atoms with E-state index in [1.807, 2.05) is 30.3 Å². The van der Waals surface area contributed by atoms with Crippen molar-refractivity contribution in [1.29, 1.82) is 0 Å². The van der Waals surface area contributed by atoms with E-state index in [0.717, 1.165) is 22.2 Å². The Morgan fingerprint density at radius 1 is 1.00 bits per heavy atom. The van der Waals surface area contributed by atoms with Crippen molar-refractivity contribution in [2.24, 2.45) is 0 Å². The van der Waals surface area contributed by atoms with Crippen molar-refractivity contribution in [1.82, 2.24) is 9.97 Å². The predicted molar refractivity (Wildman–Crippen MR) is 75.0 cm³/mol. The number of fused-ring (bicyclic) bond motifs is 1. The molecule has 0 aliphatic heterocycles. The summed E-state index contributed by atoms with van der Waals surface area (Å²) in [5.41, 5.74) is 1.85. The van der Waals surface area contributed by atoms with Gasteiger partial charge in [-0.1, -0.05) is 24.3 Å². The molecule has 3 rings (SSSR count). The number of anilines is 1. The minimum atomic E-state index is 0.292. The van der Waals surface area contributed by atoms with Gasteiger partial charge in [-0.3, -0.25) is 9.97 Å². The molecule has 0 unspecified atom stereocenters. The molecule has 3 aromatic rings. The molecule has 0 atom stereocenters. The second-order valence-electron chi connectivity index (χ2n) is 4.23. The Morgan fingerprint density at radius 3 is 2.68 bits per heavy atom. The van der Waals surface area contributed by atoms with E-state index in [0.29, 0.717) is 12.3 Å². The van der Waals surface area contributed by atoms with Crippen molar-refractivity contribution in [3.05, 3.63) is 60.7 Å². The van der Waals surface area contributed by atoms with Crippen LogP contribution >= 0.6 is 0 Å². The van der Waals surface area contributed by atoms with Gasteiger partial charge in [-0.2, -0.15) is 0 Å². The van der Waals surface area contributed by atoms with Crippen LogP contribution in [0.2, 0.25) is 0 Å². The molecule has 2 aromatic carbocycles. The monoisotopic (exact) mass is 251 g/mol. The average molecular weight is 251 g/mol. The lowest BCUT2D eigenvalue weighted by atomic mass is 10.1. The SMILES string of the molecule is Oc1cccc2c(NCc3cnccn3)cccc12. The molecule has 0 radical (unpaired) electrons. The lowest BCUT2D eigenvalue weighted by Gasteiger charge is -2.10. The van der Waals surface area contributed by atoms with Gasteiger partial charge in [0, 0.05) is 28.9 Å². The van der Waals surface area contributed by atoms with Gasteiger partial charge in [-0.25, -0.2) is 0 Å². The van der Waals surface area contributed by atoms with Gasteiger partial charge in [0.1, 0.15) is 5.75 Å². The van der Waals surface area contributed by atoms with Gasteiger partial charge >= 0.3 is 0 Å². The summed E-state index contributed by atoms with van der Waals surface area (Å²) in [5, 5.41) is 15.0. The predicted octanol–water partition coefficient (Wildman–Crippen LogP) is 2.95. The third-order valence-corrected chi connectivity index (χ3v) is 2.98.